The summed E-state index contributed by atoms with van der Waals surface area (Å²) in [5.41, 5.74) is 1.89. The van der Waals surface area contributed by atoms with Crippen LogP contribution in [0.15, 0.2) is 88.9 Å². The number of nitriles is 1. The number of hydrogen-bond donors (Lipinski definition) is 2. The van der Waals surface area contributed by atoms with Crippen molar-refractivity contribution in [3.8, 4) is 11.8 Å². The van der Waals surface area contributed by atoms with Crippen LogP contribution in [0.25, 0.3) is 6.08 Å². The van der Waals surface area contributed by atoms with Crippen molar-refractivity contribution < 1.29 is 14.3 Å². The molecule has 0 heterocycles. The van der Waals surface area contributed by atoms with Gasteiger partial charge in [0.05, 0.1) is 4.47 Å². The molecule has 0 atom stereocenters. The SMILES string of the molecule is N#C/C(=C\c1ccc(OCC(=O)Nc2ccccc2)c(Br)c1)C(=O)Nc1ccccc1. The summed E-state index contributed by atoms with van der Waals surface area (Å²) in [6.45, 7) is -0.161. The first kappa shape index (κ1) is 21.8. The molecular weight excluding hydrogens is 458 g/mol. The van der Waals surface area contributed by atoms with Crippen molar-refractivity contribution in [3.05, 3.63) is 94.5 Å². The number of amides is 2. The maximum absolute atomic E-state index is 12.3. The van der Waals surface area contributed by atoms with Gasteiger partial charge in [0.2, 0.25) is 0 Å². The fraction of sp³-hybridized carbons (Fsp3) is 0.0417. The number of hydrogen-bond acceptors (Lipinski definition) is 4. The maximum atomic E-state index is 12.3. The molecule has 0 radical (unpaired) electrons. The second kappa shape index (κ2) is 10.8. The van der Waals surface area contributed by atoms with Gasteiger partial charge < -0.3 is 15.4 Å². The molecule has 0 aliphatic heterocycles. The number of ether oxygens (including phenoxy) is 1. The highest BCUT2D eigenvalue weighted by molar-refractivity contribution is 9.10. The van der Waals surface area contributed by atoms with Crippen LogP contribution in [0.5, 0.6) is 5.75 Å². The van der Waals surface area contributed by atoms with E-state index in [4.69, 9.17) is 4.74 Å². The van der Waals surface area contributed by atoms with Crippen LogP contribution < -0.4 is 15.4 Å². The van der Waals surface area contributed by atoms with E-state index in [1.807, 2.05) is 30.3 Å². The number of nitrogens with one attached hydrogen (secondary N) is 2. The molecule has 154 valence electrons. The number of halogens is 1. The third kappa shape index (κ3) is 6.56. The van der Waals surface area contributed by atoms with Gasteiger partial charge in [0.25, 0.3) is 11.8 Å². The lowest BCUT2D eigenvalue weighted by Gasteiger charge is -2.10. The van der Waals surface area contributed by atoms with E-state index in [0.29, 0.717) is 27.2 Å². The summed E-state index contributed by atoms with van der Waals surface area (Å²) >= 11 is 3.40. The summed E-state index contributed by atoms with van der Waals surface area (Å²) in [4.78, 5) is 24.4. The molecular formula is C24H18BrN3O3. The minimum Gasteiger partial charge on any atom is -0.483 e. The Morgan fingerprint density at radius 1 is 0.935 bits per heavy atom. The van der Waals surface area contributed by atoms with Crippen LogP contribution in [0.4, 0.5) is 11.4 Å². The van der Waals surface area contributed by atoms with Gasteiger partial charge in [0, 0.05) is 11.4 Å². The average molecular weight is 476 g/mol. The number of carbonyl (C=O) groups is 2. The largest absolute Gasteiger partial charge is 0.483 e. The Bertz CT molecular complexity index is 1140. The molecule has 0 unspecified atom stereocenters. The van der Waals surface area contributed by atoms with Crippen molar-refractivity contribution in [1.82, 2.24) is 0 Å². The second-order valence-electron chi connectivity index (χ2n) is 6.38. The van der Waals surface area contributed by atoms with E-state index >= 15 is 0 Å². The molecule has 2 N–H and O–H groups in total. The predicted octanol–water partition coefficient (Wildman–Crippen LogP) is 5.01. The molecule has 2 amide bonds. The lowest BCUT2D eigenvalue weighted by molar-refractivity contribution is -0.118. The zero-order chi connectivity index (χ0) is 22.1. The Hall–Kier alpha value is -3.89. The van der Waals surface area contributed by atoms with E-state index in [2.05, 4.69) is 26.6 Å². The molecule has 6 nitrogen and oxygen atoms in total. The van der Waals surface area contributed by atoms with Crippen LogP contribution in [0, 0.1) is 11.3 Å². The summed E-state index contributed by atoms with van der Waals surface area (Å²) in [5.74, 6) is -0.318. The third-order valence-electron chi connectivity index (χ3n) is 4.08. The molecule has 0 fully saturated rings. The number of para-hydroxylation sites is 2. The van der Waals surface area contributed by atoms with Gasteiger partial charge in [-0.15, -0.1) is 0 Å². The molecule has 0 bridgehead atoms. The molecule has 7 heteroatoms. The molecule has 0 spiro atoms. The van der Waals surface area contributed by atoms with Gasteiger partial charge in [-0.05, 0) is 64.0 Å². The molecule has 31 heavy (non-hydrogen) atoms. The number of nitrogens with zero attached hydrogens (tertiary/aromatic N) is 1. The summed E-state index contributed by atoms with van der Waals surface area (Å²) in [6.07, 6.45) is 1.48. The Kier molecular flexibility index (Phi) is 7.57. The normalized spacial score (nSPS) is 10.6. The second-order valence-corrected chi connectivity index (χ2v) is 7.24. The van der Waals surface area contributed by atoms with Crippen molar-refractivity contribution in [2.45, 2.75) is 0 Å². The van der Waals surface area contributed by atoms with E-state index in [-0.39, 0.29) is 18.1 Å². The summed E-state index contributed by atoms with van der Waals surface area (Å²) in [7, 11) is 0. The van der Waals surface area contributed by atoms with Crippen LogP contribution in [0.2, 0.25) is 0 Å². The number of carbonyl (C=O) groups excluding carboxylic acids is 2. The zero-order valence-electron chi connectivity index (χ0n) is 16.3. The van der Waals surface area contributed by atoms with Crippen LogP contribution >= 0.6 is 15.9 Å². The van der Waals surface area contributed by atoms with E-state index in [1.54, 1.807) is 54.6 Å². The third-order valence-corrected chi connectivity index (χ3v) is 4.70. The highest BCUT2D eigenvalue weighted by Crippen LogP contribution is 2.27. The monoisotopic (exact) mass is 475 g/mol. The van der Waals surface area contributed by atoms with Crippen LogP contribution in [0.1, 0.15) is 5.56 Å². The van der Waals surface area contributed by atoms with Crippen molar-refractivity contribution in [2.75, 3.05) is 17.2 Å². The van der Waals surface area contributed by atoms with E-state index in [9.17, 15) is 14.9 Å². The van der Waals surface area contributed by atoms with E-state index < -0.39 is 5.91 Å². The first-order valence-corrected chi connectivity index (χ1v) is 10.1. The van der Waals surface area contributed by atoms with Gasteiger partial charge in [-0.3, -0.25) is 9.59 Å². The van der Waals surface area contributed by atoms with Crippen molar-refractivity contribution in [1.29, 1.82) is 5.26 Å². The van der Waals surface area contributed by atoms with Crippen molar-refractivity contribution in [2.24, 2.45) is 0 Å². The Morgan fingerprint density at radius 3 is 2.13 bits per heavy atom. The lowest BCUT2D eigenvalue weighted by atomic mass is 10.1. The number of anilines is 2. The van der Waals surface area contributed by atoms with Gasteiger partial charge in [-0.25, -0.2) is 0 Å². The quantitative estimate of drug-likeness (QED) is 0.371. The maximum Gasteiger partial charge on any atom is 0.266 e. The summed E-state index contributed by atoms with van der Waals surface area (Å²) < 4.78 is 6.15. The topological polar surface area (TPSA) is 91.2 Å². The fourth-order valence-electron chi connectivity index (χ4n) is 2.62. The molecule has 0 aliphatic rings. The van der Waals surface area contributed by atoms with Gasteiger partial charge in [0.15, 0.2) is 6.61 Å². The number of rotatable bonds is 7. The van der Waals surface area contributed by atoms with Gasteiger partial charge in [-0.2, -0.15) is 5.26 Å². The fourth-order valence-corrected chi connectivity index (χ4v) is 3.13. The Morgan fingerprint density at radius 2 is 1.55 bits per heavy atom. The van der Waals surface area contributed by atoms with E-state index in [1.165, 1.54) is 6.08 Å². The first-order valence-electron chi connectivity index (χ1n) is 9.30. The molecule has 0 aliphatic carbocycles. The van der Waals surface area contributed by atoms with Gasteiger partial charge in [-0.1, -0.05) is 42.5 Å². The smallest absolute Gasteiger partial charge is 0.266 e. The van der Waals surface area contributed by atoms with Crippen LogP contribution in [0.3, 0.4) is 0 Å². The zero-order valence-corrected chi connectivity index (χ0v) is 17.9. The Balaban J connectivity index is 1.63. The number of benzene rings is 3. The predicted molar refractivity (Wildman–Crippen MR) is 123 cm³/mol. The molecule has 3 aromatic rings. The first-order chi connectivity index (χ1) is 15.0. The molecule has 3 rings (SSSR count). The van der Waals surface area contributed by atoms with Crippen molar-refractivity contribution in [3.63, 3.8) is 0 Å². The standard InChI is InChI=1S/C24H18BrN3O3/c25-21-14-17(13-18(15-26)24(30)28-20-9-5-2-6-10-20)11-12-22(21)31-16-23(29)27-19-7-3-1-4-8-19/h1-14H,16H2,(H,27,29)(H,28,30)/b18-13+. The highest BCUT2D eigenvalue weighted by Gasteiger charge is 2.11. The summed E-state index contributed by atoms with van der Waals surface area (Å²) in [6, 6.07) is 25.0. The van der Waals surface area contributed by atoms with Crippen LogP contribution in [-0.4, -0.2) is 18.4 Å². The minimum atomic E-state index is -0.497. The average Bonchev–Trinajstić information content (AvgIpc) is 2.78. The van der Waals surface area contributed by atoms with Gasteiger partial charge in [0.1, 0.15) is 17.4 Å². The van der Waals surface area contributed by atoms with E-state index in [0.717, 1.165) is 0 Å². The molecule has 0 aromatic heterocycles. The molecule has 3 aromatic carbocycles. The van der Waals surface area contributed by atoms with Crippen LogP contribution in [-0.2, 0) is 9.59 Å². The minimum absolute atomic E-state index is 0.0355. The Labute approximate surface area is 188 Å². The summed E-state index contributed by atoms with van der Waals surface area (Å²) in [5, 5.41) is 14.8. The molecule has 0 saturated carbocycles. The highest BCUT2D eigenvalue weighted by atomic mass is 79.9. The lowest BCUT2D eigenvalue weighted by Crippen LogP contribution is -2.20. The van der Waals surface area contributed by atoms with Gasteiger partial charge >= 0.3 is 0 Å². The molecule has 0 saturated heterocycles. The van der Waals surface area contributed by atoms with Crippen molar-refractivity contribution >= 4 is 45.2 Å².